The lowest BCUT2D eigenvalue weighted by Crippen LogP contribution is -2.59. The molecule has 330 valence electrons. The molecule has 18 heteroatoms. The van der Waals surface area contributed by atoms with Crippen LogP contribution in [0.5, 0.6) is 0 Å². The zero-order valence-corrected chi connectivity index (χ0v) is 36.0. The van der Waals surface area contributed by atoms with Crippen molar-refractivity contribution in [3.8, 4) is 6.07 Å². The molecule has 4 aromatic heterocycles. The number of aromatic nitrogens is 6. The Labute approximate surface area is 367 Å². The Balaban J connectivity index is 0.743. The highest BCUT2D eigenvalue weighted by Crippen LogP contribution is 2.37. The van der Waals surface area contributed by atoms with Crippen LogP contribution in [0, 0.1) is 17.2 Å². The van der Waals surface area contributed by atoms with Crippen molar-refractivity contribution < 1.29 is 24.3 Å². The number of rotatable bonds is 8. The third kappa shape index (κ3) is 7.18. The van der Waals surface area contributed by atoms with E-state index in [-0.39, 0.29) is 42.3 Å². The lowest BCUT2D eigenvalue weighted by Gasteiger charge is -2.45. The SMILES string of the molecule is Cn1c(=O)n(C2CCC(=O)NC2=O)c2cccc(N3CC(C(=O)N4CCN(C5CCC(n6cc7cc(NC(=O)c8ccc9cc(C#N)cnn89)c(C(C)(C)O)cc7n6)CC5)CC4)C3)c21. The number of nitriles is 1. The van der Waals surface area contributed by atoms with E-state index in [2.05, 4.69) is 31.6 Å². The van der Waals surface area contributed by atoms with Crippen molar-refractivity contribution >= 4 is 62.5 Å². The maximum atomic E-state index is 13.7. The number of aryl methyl sites for hydroxylation is 1. The number of imidazole rings is 1. The van der Waals surface area contributed by atoms with E-state index in [0.29, 0.717) is 71.3 Å². The number of anilines is 2. The summed E-state index contributed by atoms with van der Waals surface area (Å²) in [7, 11) is 1.69. The highest BCUT2D eigenvalue weighted by atomic mass is 16.3. The summed E-state index contributed by atoms with van der Waals surface area (Å²) >= 11 is 0. The number of piperazine rings is 1. The fraction of sp³-hybridized carbons (Fsp3) is 0.435. The van der Waals surface area contributed by atoms with Gasteiger partial charge in [-0.1, -0.05) is 6.07 Å². The number of aliphatic hydroxyl groups is 1. The number of hydrogen-bond donors (Lipinski definition) is 3. The summed E-state index contributed by atoms with van der Waals surface area (Å²) in [5.74, 6) is -1.17. The number of imide groups is 1. The number of nitrogens with zero attached hydrogens (tertiary/aromatic N) is 10. The second-order valence-corrected chi connectivity index (χ2v) is 18.2. The number of para-hydroxylation sites is 1. The molecule has 3 N–H and O–H groups in total. The highest BCUT2D eigenvalue weighted by Gasteiger charge is 2.39. The van der Waals surface area contributed by atoms with Crippen molar-refractivity contribution in [2.45, 2.75) is 76.1 Å². The number of nitrogens with one attached hydrogen (secondary N) is 2. The molecule has 4 fully saturated rings. The number of carbonyl (C=O) groups excluding carboxylic acids is 4. The van der Waals surface area contributed by atoms with Gasteiger partial charge in [-0.3, -0.25) is 43.2 Å². The number of piperidine rings is 1. The van der Waals surface area contributed by atoms with Crippen LogP contribution in [0.3, 0.4) is 0 Å². The smallest absolute Gasteiger partial charge is 0.329 e. The van der Waals surface area contributed by atoms with Gasteiger partial charge in [-0.05, 0) is 88.4 Å². The third-order valence-electron chi connectivity index (χ3n) is 13.8. The molecule has 1 saturated carbocycles. The van der Waals surface area contributed by atoms with Crippen molar-refractivity contribution in [1.82, 2.24) is 43.6 Å². The molecule has 0 bridgehead atoms. The largest absolute Gasteiger partial charge is 0.386 e. The van der Waals surface area contributed by atoms with Gasteiger partial charge in [0.1, 0.15) is 17.8 Å². The first kappa shape index (κ1) is 41.2. The maximum Gasteiger partial charge on any atom is 0.329 e. The minimum Gasteiger partial charge on any atom is -0.386 e. The van der Waals surface area contributed by atoms with Gasteiger partial charge in [0.25, 0.3) is 5.91 Å². The summed E-state index contributed by atoms with van der Waals surface area (Å²) in [6, 6.07) is 16.3. The van der Waals surface area contributed by atoms with E-state index in [1.165, 1.54) is 15.3 Å². The van der Waals surface area contributed by atoms with Gasteiger partial charge in [0.05, 0.1) is 57.1 Å². The summed E-state index contributed by atoms with van der Waals surface area (Å²) in [6.07, 6.45) is 7.81. The van der Waals surface area contributed by atoms with Gasteiger partial charge in [-0.2, -0.15) is 15.5 Å². The van der Waals surface area contributed by atoms with Crippen LogP contribution in [0.1, 0.15) is 86.1 Å². The first-order valence-electron chi connectivity index (χ1n) is 22.0. The molecule has 18 nitrogen and oxygen atoms in total. The number of hydrogen-bond acceptors (Lipinski definition) is 11. The first-order chi connectivity index (χ1) is 30.7. The monoisotopic (exact) mass is 866 g/mol. The normalized spacial score (nSPS) is 21.3. The molecule has 3 aliphatic heterocycles. The molecule has 3 saturated heterocycles. The standard InChI is InChI=1S/C46H50N12O6/c1-46(2,64)33-21-34-28(20-35(33)49-43(61)39-12-11-32-19-27(22-47)23-48-58(32)39)26-56(51-34)31-9-7-30(8-10-31)53-15-17-54(18-16-53)44(62)29-24-55(25-29)36-5-4-6-37-41(36)52(3)45(63)57(37)38-13-14-40(59)50-42(38)60/h4-6,11-12,19-21,23,26,29-31,38,64H,7-10,13-18,24-25H2,1-3H3,(H,49,61)(H,50,59,60). The van der Waals surface area contributed by atoms with Crippen LogP contribution in [0.15, 0.2) is 65.7 Å². The van der Waals surface area contributed by atoms with Crippen LogP contribution < -0.4 is 21.2 Å². The van der Waals surface area contributed by atoms with Gasteiger partial charge >= 0.3 is 5.69 Å². The van der Waals surface area contributed by atoms with Crippen molar-refractivity contribution in [3.63, 3.8) is 0 Å². The van der Waals surface area contributed by atoms with Crippen molar-refractivity contribution in [3.05, 3.63) is 88.2 Å². The summed E-state index contributed by atoms with van der Waals surface area (Å²) < 4.78 is 6.56. The summed E-state index contributed by atoms with van der Waals surface area (Å²) in [5, 5.41) is 35.8. The number of fused-ring (bicyclic) bond motifs is 3. The Morgan fingerprint density at radius 2 is 1.70 bits per heavy atom. The van der Waals surface area contributed by atoms with Crippen molar-refractivity contribution in [2.75, 3.05) is 49.5 Å². The molecule has 7 heterocycles. The minimum atomic E-state index is -1.26. The van der Waals surface area contributed by atoms with E-state index in [1.807, 2.05) is 46.1 Å². The van der Waals surface area contributed by atoms with Gasteiger partial charge in [0, 0.05) is 81.6 Å². The fourth-order valence-electron chi connectivity index (χ4n) is 10.3. The van der Waals surface area contributed by atoms with Gasteiger partial charge in [-0.25, -0.2) is 9.31 Å². The van der Waals surface area contributed by atoms with E-state index in [1.54, 1.807) is 43.7 Å². The molecule has 4 aliphatic rings. The van der Waals surface area contributed by atoms with E-state index in [4.69, 9.17) is 5.10 Å². The first-order valence-corrected chi connectivity index (χ1v) is 22.0. The predicted octanol–water partition coefficient (Wildman–Crippen LogP) is 3.43. The van der Waals surface area contributed by atoms with E-state index in [0.717, 1.165) is 55.4 Å². The Morgan fingerprint density at radius 3 is 2.42 bits per heavy atom. The van der Waals surface area contributed by atoms with Crippen LogP contribution in [0.2, 0.25) is 0 Å². The number of amides is 4. The molecule has 64 heavy (non-hydrogen) atoms. The van der Waals surface area contributed by atoms with Gasteiger partial charge < -0.3 is 20.2 Å². The average Bonchev–Trinajstić information content (AvgIpc) is 3.96. The van der Waals surface area contributed by atoms with E-state index < -0.39 is 23.5 Å². The molecule has 0 radical (unpaired) electrons. The second kappa shape index (κ2) is 15.7. The van der Waals surface area contributed by atoms with E-state index in [9.17, 15) is 34.3 Å². The molecule has 4 amide bonds. The number of benzene rings is 2. The molecule has 1 aliphatic carbocycles. The second-order valence-electron chi connectivity index (χ2n) is 18.2. The zero-order valence-electron chi connectivity index (χ0n) is 36.0. The summed E-state index contributed by atoms with van der Waals surface area (Å²) in [5.41, 5.74) is 3.70. The van der Waals surface area contributed by atoms with Crippen LogP contribution in [0.4, 0.5) is 11.4 Å². The van der Waals surface area contributed by atoms with E-state index >= 15 is 0 Å². The quantitative estimate of drug-likeness (QED) is 0.189. The van der Waals surface area contributed by atoms with Crippen LogP contribution >= 0.6 is 0 Å². The Kier molecular flexibility index (Phi) is 10.1. The zero-order chi connectivity index (χ0) is 44.6. The fourth-order valence-corrected chi connectivity index (χ4v) is 10.3. The molecule has 0 spiro atoms. The lowest BCUT2D eigenvalue weighted by molar-refractivity contribution is -0.139. The Hall–Kier alpha value is -6.84. The average molecular weight is 867 g/mol. The number of carbonyl (C=O) groups is 4. The molecule has 6 aromatic rings. The molecule has 2 aromatic carbocycles. The Bertz CT molecular complexity index is 2980. The predicted molar refractivity (Wildman–Crippen MR) is 237 cm³/mol. The van der Waals surface area contributed by atoms with Crippen molar-refractivity contribution in [1.29, 1.82) is 5.26 Å². The van der Waals surface area contributed by atoms with Gasteiger partial charge in [0.2, 0.25) is 17.7 Å². The molecule has 1 unspecified atom stereocenters. The van der Waals surface area contributed by atoms with Crippen LogP contribution in [-0.2, 0) is 27.0 Å². The van der Waals surface area contributed by atoms with Crippen LogP contribution in [0.25, 0.3) is 27.5 Å². The van der Waals surface area contributed by atoms with Gasteiger partial charge in [0.15, 0.2) is 0 Å². The maximum absolute atomic E-state index is 13.7. The van der Waals surface area contributed by atoms with Gasteiger partial charge in [-0.15, -0.1) is 0 Å². The topological polar surface area (TPSA) is 208 Å². The summed E-state index contributed by atoms with van der Waals surface area (Å²) in [4.78, 5) is 71.8. The molecular formula is C46H50N12O6. The highest BCUT2D eigenvalue weighted by molar-refractivity contribution is 6.05. The molecule has 1 atom stereocenters. The lowest BCUT2D eigenvalue weighted by atomic mass is 9.89. The van der Waals surface area contributed by atoms with Crippen molar-refractivity contribution in [2.24, 2.45) is 13.0 Å². The Morgan fingerprint density at radius 1 is 0.953 bits per heavy atom. The molecular weight excluding hydrogens is 817 g/mol. The third-order valence-corrected chi connectivity index (χ3v) is 13.8. The minimum absolute atomic E-state index is 0.139. The van der Waals surface area contributed by atoms with Crippen LogP contribution in [-0.4, -0.2) is 112 Å². The molecule has 10 rings (SSSR count). The summed E-state index contributed by atoms with van der Waals surface area (Å²) in [6.45, 7) is 7.46.